The van der Waals surface area contributed by atoms with Crippen LogP contribution in [0.3, 0.4) is 0 Å². The number of hydrogen-bond donors (Lipinski definition) is 1. The first-order chi connectivity index (χ1) is 6.50. The van der Waals surface area contributed by atoms with Crippen LogP contribution >= 0.6 is 0 Å². The number of hydrogen-bond acceptors (Lipinski definition) is 2. The molecule has 1 aromatic carbocycles. The van der Waals surface area contributed by atoms with Gasteiger partial charge >= 0.3 is 0 Å². The van der Waals surface area contributed by atoms with Gasteiger partial charge in [0.1, 0.15) is 11.5 Å². The van der Waals surface area contributed by atoms with Gasteiger partial charge in [-0.1, -0.05) is 0 Å². The molecule has 0 saturated heterocycles. The molecule has 0 aliphatic carbocycles. The van der Waals surface area contributed by atoms with Crippen LogP contribution < -0.4 is 0 Å². The van der Waals surface area contributed by atoms with E-state index in [1.807, 2.05) is 0 Å². The summed E-state index contributed by atoms with van der Waals surface area (Å²) >= 11 is 0. The lowest BCUT2D eigenvalue weighted by Gasteiger charge is -2.03. The number of carbonyl (C=O) groups is 1. The molecule has 0 aliphatic rings. The number of benzene rings is 1. The van der Waals surface area contributed by atoms with E-state index in [4.69, 9.17) is 0 Å². The molecule has 0 bridgehead atoms. The molecule has 2 nitrogen and oxygen atoms in total. The van der Waals surface area contributed by atoms with Crippen LogP contribution in [-0.2, 0) is 11.2 Å². The van der Waals surface area contributed by atoms with Crippen LogP contribution in [-0.4, -0.2) is 10.9 Å². The van der Waals surface area contributed by atoms with Crippen molar-refractivity contribution in [2.75, 3.05) is 0 Å². The average Bonchev–Trinajstić information content (AvgIpc) is 2.09. The van der Waals surface area contributed by atoms with Crippen LogP contribution in [0.5, 0.6) is 5.75 Å². The first-order valence-electron chi connectivity index (χ1n) is 4.17. The predicted octanol–water partition coefficient (Wildman–Crippen LogP) is 2.19. The van der Waals surface area contributed by atoms with Gasteiger partial charge < -0.3 is 9.90 Å². The lowest BCUT2D eigenvalue weighted by Crippen LogP contribution is -1.96. The van der Waals surface area contributed by atoms with Crippen LogP contribution in [0.4, 0.5) is 8.78 Å². The maximum absolute atomic E-state index is 12.7. The Kier molecular flexibility index (Phi) is 3.17. The van der Waals surface area contributed by atoms with Crippen molar-refractivity contribution in [2.24, 2.45) is 0 Å². The van der Waals surface area contributed by atoms with Crippen LogP contribution in [0.2, 0.25) is 0 Å². The molecule has 0 aliphatic heterocycles. The first-order valence-corrected chi connectivity index (χ1v) is 4.17. The van der Waals surface area contributed by atoms with Gasteiger partial charge in [0, 0.05) is 12.5 Å². The van der Waals surface area contributed by atoms with Crippen LogP contribution in [0.15, 0.2) is 12.1 Å². The van der Waals surface area contributed by atoms with Crippen molar-refractivity contribution in [1.29, 1.82) is 0 Å². The highest BCUT2D eigenvalue weighted by Crippen LogP contribution is 2.22. The summed E-state index contributed by atoms with van der Waals surface area (Å²) in [6.07, 6.45) is 0.428. The number of ketones is 1. The number of Topliss-reactive ketones (excluding diaryl/α,β-unsaturated/α-hetero) is 1. The molecule has 0 unspecified atom stereocenters. The van der Waals surface area contributed by atoms with Crippen molar-refractivity contribution in [3.8, 4) is 5.75 Å². The Morgan fingerprint density at radius 3 is 2.50 bits per heavy atom. The number of halogens is 2. The van der Waals surface area contributed by atoms with Crippen molar-refractivity contribution in [2.45, 2.75) is 19.8 Å². The Labute approximate surface area is 80.2 Å². The van der Waals surface area contributed by atoms with Crippen molar-refractivity contribution >= 4 is 5.78 Å². The van der Waals surface area contributed by atoms with Gasteiger partial charge in [-0.15, -0.1) is 0 Å². The molecule has 1 N–H and O–H groups in total. The molecule has 14 heavy (non-hydrogen) atoms. The number of aryl methyl sites for hydroxylation is 1. The zero-order chi connectivity index (χ0) is 10.7. The van der Waals surface area contributed by atoms with E-state index in [0.717, 1.165) is 6.07 Å². The highest BCUT2D eigenvalue weighted by Gasteiger charge is 2.09. The molecular formula is C10H10F2O2. The normalized spacial score (nSPS) is 10.2. The molecule has 0 heterocycles. The average molecular weight is 200 g/mol. The molecular weight excluding hydrogens is 190 g/mol. The second-order valence-electron chi connectivity index (χ2n) is 3.10. The van der Waals surface area contributed by atoms with Gasteiger partial charge in [-0.25, -0.2) is 8.78 Å². The Morgan fingerprint density at radius 1 is 1.36 bits per heavy atom. The van der Waals surface area contributed by atoms with Gasteiger partial charge in [-0.05, 0) is 25.0 Å². The summed E-state index contributed by atoms with van der Waals surface area (Å²) in [4.78, 5) is 10.6. The number of phenols is 1. The summed E-state index contributed by atoms with van der Waals surface area (Å²) in [6.45, 7) is 1.40. The molecule has 0 amide bonds. The molecule has 76 valence electrons. The molecule has 1 rings (SSSR count). The maximum atomic E-state index is 12.7. The molecule has 0 saturated carbocycles. The third kappa shape index (κ3) is 2.52. The van der Waals surface area contributed by atoms with Gasteiger partial charge in [0.15, 0.2) is 11.6 Å². The Bertz CT molecular complexity index is 361. The number of rotatable bonds is 3. The summed E-state index contributed by atoms with van der Waals surface area (Å²) in [6, 6.07) is 1.62. The lowest BCUT2D eigenvalue weighted by atomic mass is 10.1. The number of aromatic hydroxyl groups is 1. The van der Waals surface area contributed by atoms with Crippen LogP contribution in [0.1, 0.15) is 18.9 Å². The topological polar surface area (TPSA) is 37.3 Å². The molecule has 0 fully saturated rings. The minimum absolute atomic E-state index is 0.0610. The zero-order valence-corrected chi connectivity index (χ0v) is 7.68. The second-order valence-corrected chi connectivity index (χ2v) is 3.10. The van der Waals surface area contributed by atoms with E-state index in [2.05, 4.69) is 0 Å². The second kappa shape index (κ2) is 4.17. The quantitative estimate of drug-likeness (QED) is 0.812. The van der Waals surface area contributed by atoms with E-state index in [9.17, 15) is 18.7 Å². The maximum Gasteiger partial charge on any atom is 0.162 e. The van der Waals surface area contributed by atoms with Crippen molar-refractivity contribution in [3.05, 3.63) is 29.3 Å². The van der Waals surface area contributed by atoms with E-state index >= 15 is 0 Å². The summed E-state index contributed by atoms with van der Waals surface area (Å²) in [5.74, 6) is -2.48. The highest BCUT2D eigenvalue weighted by atomic mass is 19.2. The summed E-state index contributed by atoms with van der Waals surface area (Å²) < 4.78 is 25.3. The molecule has 0 spiro atoms. The zero-order valence-electron chi connectivity index (χ0n) is 7.68. The van der Waals surface area contributed by atoms with E-state index < -0.39 is 11.6 Å². The predicted molar refractivity (Wildman–Crippen MR) is 47.0 cm³/mol. The minimum Gasteiger partial charge on any atom is -0.508 e. The first kappa shape index (κ1) is 10.6. The standard InChI is InChI=1S/C10H10F2O2/c1-6(13)2-3-7-4-8(11)9(12)5-10(7)14/h4-5,14H,2-3H2,1H3. The van der Waals surface area contributed by atoms with Crippen LogP contribution in [0, 0.1) is 11.6 Å². The van der Waals surface area contributed by atoms with E-state index in [1.54, 1.807) is 0 Å². The van der Waals surface area contributed by atoms with Crippen molar-refractivity contribution in [1.82, 2.24) is 0 Å². The van der Waals surface area contributed by atoms with Gasteiger partial charge in [-0.3, -0.25) is 0 Å². The Hall–Kier alpha value is -1.45. The molecule has 0 atom stereocenters. The molecule has 0 radical (unpaired) electrons. The third-order valence-corrected chi connectivity index (χ3v) is 1.87. The van der Waals surface area contributed by atoms with Crippen molar-refractivity contribution in [3.63, 3.8) is 0 Å². The van der Waals surface area contributed by atoms with Crippen LogP contribution in [0.25, 0.3) is 0 Å². The highest BCUT2D eigenvalue weighted by molar-refractivity contribution is 5.75. The summed E-state index contributed by atoms with van der Waals surface area (Å²) in [5.41, 5.74) is 0.249. The SMILES string of the molecule is CC(=O)CCc1cc(F)c(F)cc1O. The number of carbonyl (C=O) groups excluding carboxylic acids is 1. The Morgan fingerprint density at radius 2 is 1.93 bits per heavy atom. The largest absolute Gasteiger partial charge is 0.508 e. The fourth-order valence-corrected chi connectivity index (χ4v) is 1.09. The monoisotopic (exact) mass is 200 g/mol. The summed E-state index contributed by atoms with van der Waals surface area (Å²) in [7, 11) is 0. The van der Waals surface area contributed by atoms with E-state index in [0.29, 0.717) is 6.07 Å². The van der Waals surface area contributed by atoms with Gasteiger partial charge in [0.25, 0.3) is 0 Å². The minimum atomic E-state index is -1.09. The third-order valence-electron chi connectivity index (χ3n) is 1.87. The fraction of sp³-hybridized carbons (Fsp3) is 0.300. The van der Waals surface area contributed by atoms with Gasteiger partial charge in [0.05, 0.1) is 0 Å². The summed E-state index contributed by atoms with van der Waals surface area (Å²) in [5, 5.41) is 9.21. The van der Waals surface area contributed by atoms with E-state index in [-0.39, 0.29) is 29.9 Å². The van der Waals surface area contributed by atoms with Crippen molar-refractivity contribution < 1.29 is 18.7 Å². The molecule has 4 heteroatoms. The van der Waals surface area contributed by atoms with Gasteiger partial charge in [-0.2, -0.15) is 0 Å². The smallest absolute Gasteiger partial charge is 0.162 e. The molecule has 0 aromatic heterocycles. The number of phenolic OH excluding ortho intramolecular Hbond substituents is 1. The molecule has 1 aromatic rings. The Balaban J connectivity index is 2.87. The van der Waals surface area contributed by atoms with E-state index in [1.165, 1.54) is 6.92 Å². The van der Waals surface area contributed by atoms with Gasteiger partial charge in [0.2, 0.25) is 0 Å². The fourth-order valence-electron chi connectivity index (χ4n) is 1.09. The lowest BCUT2D eigenvalue weighted by molar-refractivity contribution is -0.116.